The van der Waals surface area contributed by atoms with Crippen LogP contribution in [0.1, 0.15) is 364 Å². The minimum absolute atomic E-state index is 0.104. The quantitative estimate of drug-likeness (QED) is 0.0222. The second-order valence-corrected chi connectivity index (χ2v) is 30.7. The predicted octanol–water partition coefficient (Wildman–Crippen LogP) is 20.9. The summed E-state index contributed by atoms with van der Waals surface area (Å²) in [5, 5.41) is 10.6. The number of unbranched alkanes of at least 4 members (excludes halogenated alkanes) is 34. The van der Waals surface area contributed by atoms with Crippen LogP contribution in [-0.4, -0.2) is 96.7 Å². The van der Waals surface area contributed by atoms with Crippen LogP contribution >= 0.6 is 15.6 Å². The molecule has 0 heterocycles. The van der Waals surface area contributed by atoms with E-state index in [0.717, 1.165) is 114 Å². The molecule has 0 aliphatic carbocycles. The molecule has 0 amide bonds. The van der Waals surface area contributed by atoms with Crippen molar-refractivity contribution in [1.82, 2.24) is 0 Å². The second kappa shape index (κ2) is 62.6. The summed E-state index contributed by atoms with van der Waals surface area (Å²) in [6.07, 6.45) is 45.8. The van der Waals surface area contributed by atoms with E-state index in [2.05, 4.69) is 55.4 Å². The van der Waals surface area contributed by atoms with E-state index >= 15 is 0 Å². The highest BCUT2D eigenvalue weighted by atomic mass is 31.2. The van der Waals surface area contributed by atoms with E-state index in [1.54, 1.807) is 0 Å². The molecule has 5 unspecified atom stereocenters. The zero-order valence-corrected chi connectivity index (χ0v) is 62.0. The van der Waals surface area contributed by atoms with Gasteiger partial charge in [-0.2, -0.15) is 0 Å². The summed E-state index contributed by atoms with van der Waals surface area (Å²) < 4.78 is 68.4. The van der Waals surface area contributed by atoms with Crippen molar-refractivity contribution in [2.45, 2.75) is 382 Å². The van der Waals surface area contributed by atoms with E-state index in [1.165, 1.54) is 161 Å². The first-order valence-corrected chi connectivity index (χ1v) is 40.8. The molecule has 3 N–H and O–H groups in total. The molecule has 0 aromatic carbocycles. The predicted molar refractivity (Wildman–Crippen MR) is 372 cm³/mol. The van der Waals surface area contributed by atoms with Crippen molar-refractivity contribution in [1.29, 1.82) is 0 Å². The molecule has 0 aliphatic rings. The summed E-state index contributed by atoms with van der Waals surface area (Å²) in [5.41, 5.74) is 0. The van der Waals surface area contributed by atoms with Crippen LogP contribution in [0, 0.1) is 23.7 Å². The molecule has 0 saturated heterocycles. The Bertz CT molecular complexity index is 1820. The van der Waals surface area contributed by atoms with Crippen molar-refractivity contribution in [3.05, 3.63) is 0 Å². The van der Waals surface area contributed by atoms with Gasteiger partial charge in [0.1, 0.15) is 19.3 Å². The van der Waals surface area contributed by atoms with Crippen molar-refractivity contribution in [3.63, 3.8) is 0 Å². The topological polar surface area (TPSA) is 237 Å². The third-order valence-electron chi connectivity index (χ3n) is 17.5. The van der Waals surface area contributed by atoms with Gasteiger partial charge in [0.15, 0.2) is 12.2 Å². The first kappa shape index (κ1) is 90.1. The highest BCUT2D eigenvalue weighted by Crippen LogP contribution is 2.45. The van der Waals surface area contributed by atoms with Crippen LogP contribution in [0.15, 0.2) is 0 Å². The van der Waals surface area contributed by atoms with Crippen LogP contribution in [0.5, 0.6) is 0 Å². The number of rotatable bonds is 70. The zero-order valence-electron chi connectivity index (χ0n) is 60.2. The van der Waals surface area contributed by atoms with Crippen LogP contribution in [0.3, 0.4) is 0 Å². The number of hydrogen-bond donors (Lipinski definition) is 3. The van der Waals surface area contributed by atoms with E-state index in [-0.39, 0.29) is 25.7 Å². The summed E-state index contributed by atoms with van der Waals surface area (Å²) in [6, 6.07) is 0. The first-order chi connectivity index (χ1) is 44.2. The third kappa shape index (κ3) is 64.1. The van der Waals surface area contributed by atoms with Gasteiger partial charge in [0, 0.05) is 25.7 Å². The molecule has 546 valence electrons. The van der Waals surface area contributed by atoms with Gasteiger partial charge in [-0.15, -0.1) is 0 Å². The Hall–Kier alpha value is -1.94. The average molecular weight is 1350 g/mol. The number of carbonyl (C=O) groups excluding carboxylic acids is 4. The van der Waals surface area contributed by atoms with E-state index in [4.69, 9.17) is 37.0 Å². The van der Waals surface area contributed by atoms with Crippen molar-refractivity contribution in [2.75, 3.05) is 39.6 Å². The van der Waals surface area contributed by atoms with Gasteiger partial charge >= 0.3 is 39.5 Å². The number of carbonyl (C=O) groups is 4. The van der Waals surface area contributed by atoms with Crippen molar-refractivity contribution < 1.29 is 80.2 Å². The molecule has 0 aromatic heterocycles. The molecule has 0 rings (SSSR count). The fourth-order valence-electron chi connectivity index (χ4n) is 11.0. The molecule has 0 radical (unpaired) electrons. The highest BCUT2D eigenvalue weighted by molar-refractivity contribution is 7.47. The number of hydrogen-bond acceptors (Lipinski definition) is 15. The fraction of sp³-hybridized carbons (Fsp3) is 0.945. The Kier molecular flexibility index (Phi) is 61.3. The Labute approximate surface area is 562 Å². The van der Waals surface area contributed by atoms with Gasteiger partial charge in [0.05, 0.1) is 26.4 Å². The zero-order chi connectivity index (χ0) is 68.2. The van der Waals surface area contributed by atoms with Gasteiger partial charge in [-0.3, -0.25) is 37.3 Å². The molecule has 92 heavy (non-hydrogen) atoms. The second-order valence-electron chi connectivity index (χ2n) is 27.8. The summed E-state index contributed by atoms with van der Waals surface area (Å²) in [5.74, 6) is 0.938. The lowest BCUT2D eigenvalue weighted by Gasteiger charge is -2.21. The van der Waals surface area contributed by atoms with Crippen LogP contribution in [0.4, 0.5) is 0 Å². The maximum Gasteiger partial charge on any atom is 0.472 e. The number of ether oxygens (including phenoxy) is 4. The van der Waals surface area contributed by atoms with E-state index in [1.807, 2.05) is 0 Å². The van der Waals surface area contributed by atoms with Crippen molar-refractivity contribution in [3.8, 4) is 0 Å². The van der Waals surface area contributed by atoms with Gasteiger partial charge in [-0.1, -0.05) is 312 Å². The molecular weight excluding hydrogens is 1210 g/mol. The number of aliphatic hydroxyl groups excluding tert-OH is 1. The molecule has 7 atom stereocenters. The highest BCUT2D eigenvalue weighted by Gasteiger charge is 2.30. The Morgan fingerprint density at radius 3 is 0.772 bits per heavy atom. The van der Waals surface area contributed by atoms with E-state index < -0.39 is 97.5 Å². The lowest BCUT2D eigenvalue weighted by atomic mass is 9.99. The minimum Gasteiger partial charge on any atom is -0.462 e. The summed E-state index contributed by atoms with van der Waals surface area (Å²) in [7, 11) is -9.91. The molecule has 19 heteroatoms. The van der Waals surface area contributed by atoms with Crippen LogP contribution < -0.4 is 0 Å². The SMILES string of the molecule is CCC(C)CCCCCCCCCCCCCCCCC(=O)O[C@H](COC(=O)CCCCCCCCCC(C)C)COP(=O)(O)OCC(O)COP(=O)(O)OC[C@@H](COC(=O)CCCCCCCCCCC(C)CC)OC(=O)CCCCCCCCCCCC(C)C. The number of phosphoric ester groups is 2. The van der Waals surface area contributed by atoms with Gasteiger partial charge in [-0.05, 0) is 49.4 Å². The smallest absolute Gasteiger partial charge is 0.462 e. The maximum atomic E-state index is 13.0. The lowest BCUT2D eigenvalue weighted by molar-refractivity contribution is -0.161. The van der Waals surface area contributed by atoms with Crippen LogP contribution in [0.25, 0.3) is 0 Å². The van der Waals surface area contributed by atoms with Crippen molar-refractivity contribution in [2.24, 2.45) is 23.7 Å². The number of phosphoric acid groups is 2. The molecule has 0 bridgehead atoms. The largest absolute Gasteiger partial charge is 0.472 e. The maximum absolute atomic E-state index is 13.0. The van der Waals surface area contributed by atoms with Crippen LogP contribution in [-0.2, 0) is 65.4 Å². The first-order valence-electron chi connectivity index (χ1n) is 37.8. The van der Waals surface area contributed by atoms with Crippen molar-refractivity contribution >= 4 is 39.5 Å². The van der Waals surface area contributed by atoms with Gasteiger partial charge in [0.2, 0.25) is 0 Å². The van der Waals surface area contributed by atoms with Crippen LogP contribution in [0.2, 0.25) is 0 Å². The molecule has 0 aliphatic heterocycles. The molecule has 0 aromatic rings. The van der Waals surface area contributed by atoms with Gasteiger partial charge in [-0.25, -0.2) is 9.13 Å². The monoisotopic (exact) mass is 1350 g/mol. The third-order valence-corrected chi connectivity index (χ3v) is 19.4. The Morgan fingerprint density at radius 1 is 0.304 bits per heavy atom. The number of esters is 4. The summed E-state index contributed by atoms with van der Waals surface area (Å²) >= 11 is 0. The molecule has 0 spiro atoms. The Morgan fingerprint density at radius 2 is 0.522 bits per heavy atom. The minimum atomic E-state index is -4.95. The molecule has 0 fully saturated rings. The van der Waals surface area contributed by atoms with Gasteiger partial charge < -0.3 is 33.8 Å². The fourth-order valence-corrected chi connectivity index (χ4v) is 12.5. The standard InChI is InChI=1S/C73H142O17P2/c1-9-65(7)51-43-35-27-19-15-13-11-12-14-16-20-30-39-47-55-72(77)89-69(60-84-71(76)54-46-38-32-24-26-34-42-50-64(5)6)62-88-92(81,82)86-58-67(74)57-85-91(79,80)87-61-68(90-73(78)56-48-40-31-21-17-18-25-33-41-49-63(3)4)59-83-70(75)53-45-37-29-23-22-28-36-44-52-66(8)10-2/h63-69,74H,9-62H2,1-8H3,(H,79,80)(H,81,82)/t65?,66?,67?,68-,69-/m1/s1. The normalized spacial score (nSPS) is 14.8. The molecule has 0 saturated carbocycles. The summed E-state index contributed by atoms with van der Waals surface area (Å²) in [6.45, 7) is 14.2. The lowest BCUT2D eigenvalue weighted by Crippen LogP contribution is -2.30. The summed E-state index contributed by atoms with van der Waals surface area (Å²) in [4.78, 5) is 72.7. The van der Waals surface area contributed by atoms with E-state index in [9.17, 15) is 43.2 Å². The average Bonchev–Trinajstić information content (AvgIpc) is 1.63. The Balaban J connectivity index is 5.24. The van der Waals surface area contributed by atoms with Gasteiger partial charge in [0.25, 0.3) is 0 Å². The van der Waals surface area contributed by atoms with E-state index in [0.29, 0.717) is 31.6 Å². The number of aliphatic hydroxyl groups is 1. The molecular formula is C73H142O17P2. The molecule has 17 nitrogen and oxygen atoms in total.